The molecule has 234 valence electrons. The minimum Gasteiger partial charge on any atom is -0.496 e. The number of anilines is 1. The molecular formula is C34H40ClN3O5S. The molecule has 1 aliphatic carbocycles. The number of aryl methyl sites for hydroxylation is 2. The van der Waals surface area contributed by atoms with Gasteiger partial charge in [-0.1, -0.05) is 56.2 Å². The number of unbranched alkanes of at least 4 members (excludes halogenated alkanes) is 2. The molecule has 5 rings (SSSR count). The molecule has 1 amide bonds. The highest BCUT2D eigenvalue weighted by Gasteiger charge is 2.20. The summed E-state index contributed by atoms with van der Waals surface area (Å²) in [4.78, 5) is 29.3. The molecule has 0 spiro atoms. The van der Waals surface area contributed by atoms with Crippen LogP contribution in [0.4, 0.5) is 5.13 Å². The number of rotatable bonds is 14. The Labute approximate surface area is 267 Å². The van der Waals surface area contributed by atoms with Gasteiger partial charge in [-0.3, -0.25) is 14.9 Å². The predicted molar refractivity (Wildman–Crippen MR) is 177 cm³/mol. The third kappa shape index (κ3) is 7.74. The zero-order valence-electron chi connectivity index (χ0n) is 25.4. The van der Waals surface area contributed by atoms with Crippen molar-refractivity contribution in [2.45, 2.75) is 77.2 Å². The Morgan fingerprint density at radius 1 is 1.05 bits per heavy atom. The summed E-state index contributed by atoms with van der Waals surface area (Å²) < 4.78 is 13.0. The lowest BCUT2D eigenvalue weighted by Gasteiger charge is -2.21. The zero-order chi connectivity index (χ0) is 31.1. The molecule has 1 aliphatic rings. The van der Waals surface area contributed by atoms with E-state index in [1.165, 1.54) is 55.4 Å². The molecule has 2 aromatic carbocycles. The van der Waals surface area contributed by atoms with Crippen LogP contribution in [0.2, 0.25) is 5.02 Å². The average Bonchev–Trinajstić information content (AvgIpc) is 3.64. The quantitative estimate of drug-likeness (QED) is 0.134. The number of hydrogen-bond donors (Lipinski definition) is 2. The Morgan fingerprint density at radius 2 is 1.84 bits per heavy atom. The molecule has 4 aromatic rings. The van der Waals surface area contributed by atoms with E-state index < -0.39 is 5.97 Å². The number of carbonyl (C=O) groups is 2. The number of methoxy groups -OCH3 is 2. The van der Waals surface area contributed by atoms with Gasteiger partial charge in [-0.25, -0.2) is 4.98 Å². The summed E-state index contributed by atoms with van der Waals surface area (Å²) in [6.45, 7) is 0.623. The minimum absolute atomic E-state index is 0.154. The van der Waals surface area contributed by atoms with Gasteiger partial charge in [-0.2, -0.15) is 0 Å². The number of thiazole rings is 1. The molecule has 0 radical (unpaired) electrons. The number of carbonyl (C=O) groups excluding carboxylic acids is 1. The number of amides is 1. The summed E-state index contributed by atoms with van der Waals surface area (Å²) >= 11 is 7.61. The maximum atomic E-state index is 13.7. The van der Waals surface area contributed by atoms with Gasteiger partial charge in [-0.15, -0.1) is 11.3 Å². The van der Waals surface area contributed by atoms with Gasteiger partial charge < -0.3 is 19.1 Å². The van der Waals surface area contributed by atoms with Crippen LogP contribution in [0, 0.1) is 5.92 Å². The molecule has 0 unspecified atom stereocenters. The highest BCUT2D eigenvalue weighted by atomic mass is 35.5. The van der Waals surface area contributed by atoms with Gasteiger partial charge in [0.25, 0.3) is 5.91 Å². The number of benzene rings is 2. The van der Waals surface area contributed by atoms with Crippen LogP contribution in [0.15, 0.2) is 41.8 Å². The molecule has 0 aliphatic heterocycles. The highest BCUT2D eigenvalue weighted by Crippen LogP contribution is 2.39. The SMILES string of the molecule is COc1cc(-c2csc(NC(=O)c3cc4cc(CCC5CCCCC5)ccc4n3CCCCCC(=O)O)n2)c(OC)cc1Cl. The second-order valence-corrected chi connectivity index (χ2v) is 12.8. The van der Waals surface area contributed by atoms with Crippen LogP contribution in [0.3, 0.4) is 0 Å². The van der Waals surface area contributed by atoms with Crippen LogP contribution < -0.4 is 14.8 Å². The summed E-state index contributed by atoms with van der Waals surface area (Å²) in [6, 6.07) is 12.0. The van der Waals surface area contributed by atoms with Crippen LogP contribution in [-0.4, -0.2) is 40.8 Å². The van der Waals surface area contributed by atoms with E-state index in [0.29, 0.717) is 51.6 Å². The molecule has 2 N–H and O–H groups in total. The van der Waals surface area contributed by atoms with Gasteiger partial charge in [-0.05, 0) is 61.4 Å². The van der Waals surface area contributed by atoms with Crippen LogP contribution in [0.25, 0.3) is 22.2 Å². The Hall–Kier alpha value is -3.56. The van der Waals surface area contributed by atoms with E-state index in [2.05, 4.69) is 33.1 Å². The third-order valence-electron chi connectivity index (χ3n) is 8.51. The van der Waals surface area contributed by atoms with Crippen molar-refractivity contribution in [2.24, 2.45) is 5.92 Å². The van der Waals surface area contributed by atoms with Gasteiger partial charge >= 0.3 is 5.97 Å². The number of carboxylic acids is 1. The number of nitrogens with one attached hydrogen (secondary N) is 1. The second-order valence-electron chi connectivity index (χ2n) is 11.5. The molecule has 2 heterocycles. The molecule has 0 atom stereocenters. The van der Waals surface area contributed by atoms with Crippen LogP contribution in [0.1, 0.15) is 80.3 Å². The lowest BCUT2D eigenvalue weighted by Crippen LogP contribution is -2.17. The first-order valence-corrected chi connectivity index (χ1v) is 16.6. The molecule has 1 saturated carbocycles. The van der Waals surface area contributed by atoms with Gasteiger partial charge in [0.1, 0.15) is 17.2 Å². The van der Waals surface area contributed by atoms with Gasteiger partial charge in [0, 0.05) is 40.9 Å². The van der Waals surface area contributed by atoms with Crippen LogP contribution in [0.5, 0.6) is 11.5 Å². The Kier molecular flexibility index (Phi) is 10.8. The van der Waals surface area contributed by atoms with Gasteiger partial charge in [0.15, 0.2) is 5.13 Å². The van der Waals surface area contributed by atoms with Crippen molar-refractivity contribution in [1.29, 1.82) is 0 Å². The fourth-order valence-electron chi connectivity index (χ4n) is 6.15. The molecular weight excluding hydrogens is 598 g/mol. The van der Waals surface area contributed by atoms with Crippen molar-refractivity contribution in [1.82, 2.24) is 9.55 Å². The van der Waals surface area contributed by atoms with Crippen molar-refractivity contribution in [2.75, 3.05) is 19.5 Å². The number of ether oxygens (including phenoxy) is 2. The van der Waals surface area contributed by atoms with E-state index in [9.17, 15) is 9.59 Å². The molecule has 10 heteroatoms. The van der Waals surface area contributed by atoms with E-state index in [4.69, 9.17) is 26.2 Å². The average molecular weight is 638 g/mol. The van der Waals surface area contributed by atoms with E-state index in [1.807, 2.05) is 11.4 Å². The number of carboxylic acid groups (broad SMARTS) is 1. The normalized spacial score (nSPS) is 13.7. The van der Waals surface area contributed by atoms with Gasteiger partial charge in [0.05, 0.1) is 24.9 Å². The third-order valence-corrected chi connectivity index (χ3v) is 9.56. The fraction of sp³-hybridized carbons (Fsp3) is 0.441. The minimum atomic E-state index is -0.783. The Morgan fingerprint density at radius 3 is 2.59 bits per heavy atom. The largest absolute Gasteiger partial charge is 0.496 e. The molecule has 2 aromatic heterocycles. The second kappa shape index (κ2) is 14.9. The Balaban J connectivity index is 1.36. The topological polar surface area (TPSA) is 103 Å². The predicted octanol–water partition coefficient (Wildman–Crippen LogP) is 8.85. The molecule has 1 fully saturated rings. The number of nitrogens with zero attached hydrogens (tertiary/aromatic N) is 2. The van der Waals surface area contributed by atoms with Crippen molar-refractivity contribution in [3.63, 3.8) is 0 Å². The van der Waals surface area contributed by atoms with Crippen molar-refractivity contribution >= 4 is 50.8 Å². The van der Waals surface area contributed by atoms with Gasteiger partial charge in [0.2, 0.25) is 0 Å². The Bertz CT molecular complexity index is 1610. The first-order valence-electron chi connectivity index (χ1n) is 15.4. The summed E-state index contributed by atoms with van der Waals surface area (Å²) in [6.07, 6.45) is 11.3. The van der Waals surface area contributed by atoms with Crippen LogP contribution in [-0.2, 0) is 17.8 Å². The van der Waals surface area contributed by atoms with Crippen LogP contribution >= 0.6 is 22.9 Å². The van der Waals surface area contributed by atoms with Crippen molar-refractivity contribution in [3.05, 3.63) is 58.1 Å². The van der Waals surface area contributed by atoms with E-state index in [1.54, 1.807) is 26.4 Å². The number of hydrogen-bond acceptors (Lipinski definition) is 6. The maximum Gasteiger partial charge on any atom is 0.303 e. The summed E-state index contributed by atoms with van der Waals surface area (Å²) in [7, 11) is 3.12. The summed E-state index contributed by atoms with van der Waals surface area (Å²) in [5, 5.41) is 15.8. The summed E-state index contributed by atoms with van der Waals surface area (Å²) in [5.74, 6) is 0.855. The first kappa shape index (κ1) is 31.9. The standard InChI is InChI=1S/C34H40ClN3O5S/c1-42-30-20-26(35)31(43-2)19-25(30)27-21-44-34(36-27)37-33(41)29-18-24-17-23(13-12-22-9-5-3-6-10-22)14-15-28(24)38(29)16-8-4-7-11-32(39)40/h14-15,17-22H,3-13,16H2,1-2H3,(H,39,40)(H,36,37,41). The lowest BCUT2D eigenvalue weighted by atomic mass is 9.85. The monoisotopic (exact) mass is 637 g/mol. The smallest absolute Gasteiger partial charge is 0.303 e. The lowest BCUT2D eigenvalue weighted by molar-refractivity contribution is -0.137. The van der Waals surface area contributed by atoms with Crippen molar-refractivity contribution < 1.29 is 24.2 Å². The fourth-order valence-corrected chi connectivity index (χ4v) is 7.09. The van der Waals surface area contributed by atoms with Crippen molar-refractivity contribution in [3.8, 4) is 22.8 Å². The zero-order valence-corrected chi connectivity index (χ0v) is 26.9. The van der Waals surface area contributed by atoms with E-state index in [-0.39, 0.29) is 12.3 Å². The highest BCUT2D eigenvalue weighted by molar-refractivity contribution is 7.14. The number of aliphatic carboxylic acids is 1. The first-order chi connectivity index (χ1) is 21.4. The number of fused-ring (bicyclic) bond motifs is 1. The summed E-state index contributed by atoms with van der Waals surface area (Å²) in [5.41, 5.74) is 4.21. The van der Waals surface area contributed by atoms with E-state index >= 15 is 0 Å². The number of aromatic nitrogens is 2. The molecule has 44 heavy (non-hydrogen) atoms. The maximum absolute atomic E-state index is 13.7. The number of halogens is 1. The molecule has 0 saturated heterocycles. The van der Waals surface area contributed by atoms with E-state index in [0.717, 1.165) is 36.1 Å². The molecule has 8 nitrogen and oxygen atoms in total. The molecule has 0 bridgehead atoms.